The molecule has 2 aromatic rings. The number of ether oxygens (including phenoxy) is 2. The van der Waals surface area contributed by atoms with Crippen molar-refractivity contribution in [2.75, 3.05) is 18.5 Å². The number of amides is 1. The molecular weight excluding hydrogens is 468 g/mol. The van der Waals surface area contributed by atoms with Crippen molar-refractivity contribution in [3.8, 4) is 11.8 Å². The Labute approximate surface area is 210 Å². The largest absolute Gasteiger partial charge is 0.490 e. The number of aliphatic hydroxyl groups is 1. The molecule has 0 saturated heterocycles. The Bertz CT molecular complexity index is 1030. The Hall–Kier alpha value is -2.73. The fraction of sp³-hybridized carbons (Fsp3) is 0.538. The van der Waals surface area contributed by atoms with Crippen molar-refractivity contribution in [1.82, 2.24) is 10.2 Å². The van der Waals surface area contributed by atoms with E-state index in [0.29, 0.717) is 34.7 Å². The van der Waals surface area contributed by atoms with Gasteiger partial charge in [0.05, 0.1) is 41.7 Å². The molecule has 4 rings (SSSR count). The number of rotatable bonds is 8. The van der Waals surface area contributed by atoms with Gasteiger partial charge in [0.25, 0.3) is 0 Å². The number of aromatic nitrogens is 2. The van der Waals surface area contributed by atoms with Gasteiger partial charge in [0.2, 0.25) is 5.91 Å². The highest BCUT2D eigenvalue weighted by atomic mass is 35.5. The van der Waals surface area contributed by atoms with Crippen LogP contribution in [0.5, 0.6) is 5.75 Å². The monoisotopic (exact) mass is 498 g/mol. The van der Waals surface area contributed by atoms with Gasteiger partial charge in [-0.2, -0.15) is 10.4 Å². The van der Waals surface area contributed by atoms with Crippen molar-refractivity contribution in [3.63, 3.8) is 0 Å². The number of carbonyl (C=O) groups is 1. The lowest BCUT2D eigenvalue weighted by atomic mass is 9.85. The molecule has 0 spiro atoms. The van der Waals surface area contributed by atoms with Crippen molar-refractivity contribution in [1.29, 1.82) is 5.26 Å². The normalized spacial score (nSPS) is 24.4. The van der Waals surface area contributed by atoms with E-state index in [4.69, 9.17) is 31.4 Å². The topological polar surface area (TPSA) is 117 Å². The van der Waals surface area contributed by atoms with Crippen LogP contribution in [0.2, 0.25) is 5.02 Å². The highest BCUT2D eigenvalue weighted by Gasteiger charge is 2.28. The van der Waals surface area contributed by atoms with Crippen molar-refractivity contribution >= 4 is 23.3 Å². The third-order valence-electron chi connectivity index (χ3n) is 6.88. The van der Waals surface area contributed by atoms with Gasteiger partial charge in [0.1, 0.15) is 11.8 Å². The molecule has 35 heavy (non-hydrogen) atoms. The number of hydrogen-bond acceptors (Lipinski definition) is 7. The van der Waals surface area contributed by atoms with E-state index < -0.39 is 0 Å². The Balaban J connectivity index is 1.21. The minimum atomic E-state index is -0.0879. The van der Waals surface area contributed by atoms with Gasteiger partial charge < -0.3 is 19.9 Å². The van der Waals surface area contributed by atoms with Crippen LogP contribution in [0.4, 0.5) is 5.82 Å². The van der Waals surface area contributed by atoms with Crippen LogP contribution in [-0.4, -0.2) is 46.6 Å². The molecule has 2 saturated carbocycles. The molecule has 0 aliphatic heterocycles. The minimum Gasteiger partial charge on any atom is -0.490 e. The Morgan fingerprint density at radius 3 is 2.43 bits per heavy atom. The molecule has 0 atom stereocenters. The number of nitriles is 1. The average molecular weight is 499 g/mol. The van der Waals surface area contributed by atoms with Crippen LogP contribution >= 0.6 is 11.6 Å². The summed E-state index contributed by atoms with van der Waals surface area (Å²) in [4.78, 5) is 12.8. The molecule has 2 aliphatic rings. The lowest BCUT2D eigenvalue weighted by Gasteiger charge is -2.28. The van der Waals surface area contributed by atoms with Gasteiger partial charge in [-0.1, -0.05) is 11.6 Å². The van der Waals surface area contributed by atoms with E-state index in [2.05, 4.69) is 15.5 Å². The summed E-state index contributed by atoms with van der Waals surface area (Å²) in [6.07, 6.45) is 7.10. The molecule has 186 valence electrons. The van der Waals surface area contributed by atoms with Crippen LogP contribution < -0.4 is 10.1 Å². The number of nitrogens with zero attached hydrogens (tertiary/aromatic N) is 3. The predicted octanol–water partition coefficient (Wildman–Crippen LogP) is 4.61. The fourth-order valence-electron chi connectivity index (χ4n) is 4.90. The number of anilines is 1. The van der Waals surface area contributed by atoms with Crippen molar-refractivity contribution in [2.45, 2.75) is 69.5 Å². The first-order valence-electron chi connectivity index (χ1n) is 12.3. The molecule has 2 N–H and O–H groups in total. The van der Waals surface area contributed by atoms with Gasteiger partial charge in [-0.15, -0.1) is 5.10 Å². The third-order valence-corrected chi connectivity index (χ3v) is 7.20. The second-order valence-corrected chi connectivity index (χ2v) is 9.65. The maximum atomic E-state index is 12.8. The van der Waals surface area contributed by atoms with Crippen molar-refractivity contribution in [3.05, 3.63) is 46.6 Å². The van der Waals surface area contributed by atoms with E-state index in [9.17, 15) is 4.79 Å². The average Bonchev–Trinajstić information content (AvgIpc) is 2.89. The highest BCUT2D eigenvalue weighted by molar-refractivity contribution is 6.31. The first-order chi connectivity index (χ1) is 17.1. The van der Waals surface area contributed by atoms with Gasteiger partial charge in [0, 0.05) is 17.9 Å². The summed E-state index contributed by atoms with van der Waals surface area (Å²) >= 11 is 6.09. The summed E-state index contributed by atoms with van der Waals surface area (Å²) < 4.78 is 11.6. The summed E-state index contributed by atoms with van der Waals surface area (Å²) in [5, 5.41) is 29.8. The zero-order valence-corrected chi connectivity index (χ0v) is 20.4. The first kappa shape index (κ1) is 25.4. The van der Waals surface area contributed by atoms with E-state index in [1.807, 2.05) is 18.2 Å². The van der Waals surface area contributed by atoms with E-state index >= 15 is 0 Å². The zero-order valence-electron chi connectivity index (χ0n) is 19.7. The maximum Gasteiger partial charge on any atom is 0.228 e. The molecule has 1 amide bonds. The maximum absolute atomic E-state index is 12.8. The quantitative estimate of drug-likeness (QED) is 0.545. The fourth-order valence-corrected chi connectivity index (χ4v) is 5.11. The summed E-state index contributed by atoms with van der Waals surface area (Å²) in [6.45, 7) is 0.450. The molecule has 2 aliphatic carbocycles. The van der Waals surface area contributed by atoms with Crippen LogP contribution in [0.15, 0.2) is 30.3 Å². The zero-order chi connectivity index (χ0) is 24.6. The molecular formula is C26H31ClN4O4. The van der Waals surface area contributed by atoms with Gasteiger partial charge in [-0.3, -0.25) is 4.79 Å². The van der Waals surface area contributed by atoms with Crippen LogP contribution in [-0.2, 0) is 9.53 Å². The van der Waals surface area contributed by atoms with Crippen LogP contribution in [0.1, 0.15) is 68.5 Å². The predicted molar refractivity (Wildman–Crippen MR) is 131 cm³/mol. The molecule has 1 aromatic carbocycles. The number of carbonyl (C=O) groups excluding carboxylic acids is 1. The van der Waals surface area contributed by atoms with Crippen molar-refractivity contribution in [2.24, 2.45) is 5.92 Å². The number of nitrogens with one attached hydrogen (secondary N) is 1. The number of halogens is 1. The van der Waals surface area contributed by atoms with Crippen molar-refractivity contribution < 1.29 is 19.4 Å². The SMILES string of the molecule is N#Cc1ccc(OC2CCC(C(=O)Nc3ccc(C4CCC(OCCO)CC4)nn3)CC2)cc1Cl. The van der Waals surface area contributed by atoms with Crippen LogP contribution in [0.3, 0.4) is 0 Å². The summed E-state index contributed by atoms with van der Waals surface area (Å²) in [5.74, 6) is 1.35. The summed E-state index contributed by atoms with van der Waals surface area (Å²) in [5.41, 5.74) is 1.37. The van der Waals surface area contributed by atoms with Crippen LogP contribution in [0, 0.1) is 17.2 Å². The standard InChI is InChI=1S/C26H31ClN4O4/c27-23-15-22(10-5-19(23)16-28)35-21-8-3-18(4-9-21)26(33)29-25-12-11-24(30-31-25)17-1-6-20(7-2-17)34-14-13-32/h5,10-12,15,17-18,20-21,32H,1-4,6-9,13-14H2,(H,29,31,33). The molecule has 2 fully saturated rings. The molecule has 0 radical (unpaired) electrons. The van der Waals surface area contributed by atoms with Gasteiger partial charge >= 0.3 is 0 Å². The van der Waals surface area contributed by atoms with Gasteiger partial charge in [0.15, 0.2) is 5.82 Å². The van der Waals surface area contributed by atoms with E-state index in [0.717, 1.165) is 57.1 Å². The third kappa shape index (κ3) is 6.91. The summed E-state index contributed by atoms with van der Waals surface area (Å²) in [7, 11) is 0. The molecule has 1 aromatic heterocycles. The van der Waals surface area contributed by atoms with Gasteiger partial charge in [-0.25, -0.2) is 0 Å². The smallest absolute Gasteiger partial charge is 0.228 e. The second-order valence-electron chi connectivity index (χ2n) is 9.25. The number of hydrogen-bond donors (Lipinski definition) is 2. The minimum absolute atomic E-state index is 0.0197. The molecule has 8 nitrogen and oxygen atoms in total. The second kappa shape index (κ2) is 12.3. The molecule has 9 heteroatoms. The van der Waals surface area contributed by atoms with Crippen LogP contribution in [0.25, 0.3) is 0 Å². The first-order valence-corrected chi connectivity index (χ1v) is 12.7. The molecule has 0 unspecified atom stereocenters. The lowest BCUT2D eigenvalue weighted by Crippen LogP contribution is -2.31. The van der Waals surface area contributed by atoms with E-state index in [-0.39, 0.29) is 30.6 Å². The Morgan fingerprint density at radius 2 is 1.80 bits per heavy atom. The molecule has 1 heterocycles. The Morgan fingerprint density at radius 1 is 1.06 bits per heavy atom. The number of benzene rings is 1. The van der Waals surface area contributed by atoms with Gasteiger partial charge in [-0.05, 0) is 75.6 Å². The van der Waals surface area contributed by atoms with E-state index in [1.54, 1.807) is 18.2 Å². The lowest BCUT2D eigenvalue weighted by molar-refractivity contribution is -0.121. The number of aliphatic hydroxyl groups excluding tert-OH is 1. The Kier molecular flexibility index (Phi) is 8.91. The summed E-state index contributed by atoms with van der Waals surface area (Å²) in [6, 6.07) is 10.9. The highest BCUT2D eigenvalue weighted by Crippen LogP contribution is 2.33. The molecule has 0 bridgehead atoms. The van der Waals surface area contributed by atoms with E-state index in [1.165, 1.54) is 0 Å².